The van der Waals surface area contributed by atoms with E-state index in [1.807, 2.05) is 0 Å². The zero-order chi connectivity index (χ0) is 11.0. The molecule has 0 aliphatic rings. The molecular weight excluding hydrogens is 238 g/mol. The second kappa shape index (κ2) is 7.98. The number of nitrogens with one attached hydrogen (secondary N) is 2. The molecule has 0 aromatic heterocycles. The van der Waals surface area contributed by atoms with Gasteiger partial charge >= 0.3 is 0 Å². The minimum atomic E-state index is 0.328. The summed E-state index contributed by atoms with van der Waals surface area (Å²) in [6, 6.07) is 0. The van der Waals surface area contributed by atoms with Crippen molar-refractivity contribution in [3.05, 3.63) is 0 Å². The van der Waals surface area contributed by atoms with E-state index in [4.69, 9.17) is 47.1 Å². The van der Waals surface area contributed by atoms with E-state index in [1.54, 1.807) is 0 Å². The number of hydrogen-bond acceptors (Lipinski definition) is 5. The molecule has 7 heteroatoms. The summed E-state index contributed by atoms with van der Waals surface area (Å²) >= 11 is 14.7. The quantitative estimate of drug-likeness (QED) is 0.583. The van der Waals surface area contributed by atoms with Gasteiger partial charge in [0.05, 0.1) is 30.2 Å². The van der Waals surface area contributed by atoms with Crippen LogP contribution in [-0.4, -0.2) is 41.8 Å². The molecule has 0 amide bonds. The van der Waals surface area contributed by atoms with Gasteiger partial charge in [-0.1, -0.05) is 24.4 Å². The third-order valence-corrected chi connectivity index (χ3v) is 2.20. The van der Waals surface area contributed by atoms with Gasteiger partial charge in [-0.3, -0.25) is 0 Å². The zero-order valence-electron chi connectivity index (χ0n) is 7.83. The largest absolute Gasteiger partial charge is 0.488 e. The molecule has 4 N–H and O–H groups in total. The van der Waals surface area contributed by atoms with Crippen molar-refractivity contribution in [1.82, 2.24) is 10.6 Å². The van der Waals surface area contributed by atoms with Crippen molar-refractivity contribution >= 4 is 51.7 Å². The smallest absolute Gasteiger partial charge is 0.178 e. The summed E-state index contributed by atoms with van der Waals surface area (Å²) in [5.74, 6) is 0. The first-order chi connectivity index (χ1) is 6.60. The molecule has 0 aliphatic carbocycles. The van der Waals surface area contributed by atoms with Gasteiger partial charge < -0.3 is 21.1 Å². The Morgan fingerprint density at radius 2 is 1.71 bits per heavy atom. The van der Waals surface area contributed by atoms with E-state index >= 15 is 0 Å². The summed E-state index contributed by atoms with van der Waals surface area (Å²) in [5.41, 5.74) is 5.29. The highest BCUT2D eigenvalue weighted by Gasteiger charge is 1.99. The lowest BCUT2D eigenvalue weighted by Gasteiger charge is -2.09. The monoisotopic (exact) mass is 251 g/mol. The summed E-state index contributed by atoms with van der Waals surface area (Å²) in [6.07, 6.45) is 0. The van der Waals surface area contributed by atoms with Crippen molar-refractivity contribution in [2.45, 2.75) is 0 Å². The lowest BCUT2D eigenvalue weighted by Crippen LogP contribution is -2.39. The van der Waals surface area contributed by atoms with Crippen LogP contribution in [0.4, 0.5) is 0 Å². The predicted octanol–water partition coefficient (Wildman–Crippen LogP) is -0.247. The van der Waals surface area contributed by atoms with E-state index in [0.29, 0.717) is 34.7 Å². The van der Waals surface area contributed by atoms with Crippen LogP contribution in [0.15, 0.2) is 0 Å². The van der Waals surface area contributed by atoms with Crippen molar-refractivity contribution in [2.24, 2.45) is 5.73 Å². The number of ether oxygens (including phenoxy) is 1. The topological polar surface area (TPSA) is 59.3 Å². The van der Waals surface area contributed by atoms with Gasteiger partial charge in [0.15, 0.2) is 5.05 Å². The molecule has 0 aromatic rings. The molecule has 0 heterocycles. The van der Waals surface area contributed by atoms with Crippen LogP contribution in [0.3, 0.4) is 0 Å². The van der Waals surface area contributed by atoms with Gasteiger partial charge in [-0.05, 0) is 12.2 Å². The Hall–Kier alpha value is -0.370. The van der Waals surface area contributed by atoms with Crippen molar-refractivity contribution in [1.29, 1.82) is 0 Å². The fourth-order valence-electron chi connectivity index (χ4n) is 0.556. The average molecular weight is 251 g/mol. The van der Waals surface area contributed by atoms with Gasteiger partial charge in [0.1, 0.15) is 0 Å². The zero-order valence-corrected chi connectivity index (χ0v) is 10.3. The highest BCUT2D eigenvalue weighted by molar-refractivity contribution is 7.81. The van der Waals surface area contributed by atoms with Crippen LogP contribution in [0.5, 0.6) is 0 Å². The maximum atomic E-state index is 5.29. The third kappa shape index (κ3) is 7.07. The Bertz CT molecular complexity index is 210. The van der Waals surface area contributed by atoms with Crippen LogP contribution in [0, 0.1) is 0 Å². The summed E-state index contributed by atoms with van der Waals surface area (Å²) in [6.45, 7) is 1.23. The average Bonchev–Trinajstić information content (AvgIpc) is 2.22. The molecular formula is C7H13N3OS3. The number of nitrogens with two attached hydrogens (primary N) is 1. The van der Waals surface area contributed by atoms with Gasteiger partial charge in [-0.2, -0.15) is 0 Å². The molecule has 0 bridgehead atoms. The Morgan fingerprint density at radius 1 is 1.14 bits per heavy atom. The number of thiocarbonyl (C=S) groups is 3. The molecule has 80 valence electrons. The molecule has 0 saturated heterocycles. The third-order valence-electron chi connectivity index (χ3n) is 1.29. The predicted molar refractivity (Wildman–Crippen MR) is 69.9 cm³/mol. The maximum Gasteiger partial charge on any atom is 0.178 e. The van der Waals surface area contributed by atoms with Crippen LogP contribution < -0.4 is 16.4 Å². The first kappa shape index (κ1) is 13.6. The van der Waals surface area contributed by atoms with Crippen LogP contribution in [-0.2, 0) is 4.74 Å². The van der Waals surface area contributed by atoms with E-state index in [2.05, 4.69) is 10.6 Å². The Labute approximate surface area is 99.6 Å². The SMILES string of the molecule is COC(=S)CNC(=S)CNC(=S)CN. The molecule has 0 rings (SSSR count). The fraction of sp³-hybridized carbons (Fsp3) is 0.571. The summed E-state index contributed by atoms with van der Waals surface area (Å²) in [7, 11) is 1.52. The van der Waals surface area contributed by atoms with E-state index < -0.39 is 0 Å². The molecule has 4 nitrogen and oxygen atoms in total. The Kier molecular flexibility index (Phi) is 7.77. The van der Waals surface area contributed by atoms with E-state index in [0.717, 1.165) is 0 Å². The van der Waals surface area contributed by atoms with Gasteiger partial charge in [0, 0.05) is 6.54 Å². The number of hydrogen-bond donors (Lipinski definition) is 3. The highest BCUT2D eigenvalue weighted by atomic mass is 32.1. The molecule has 0 atom stereocenters. The van der Waals surface area contributed by atoms with Crippen LogP contribution >= 0.6 is 36.7 Å². The van der Waals surface area contributed by atoms with Crippen molar-refractivity contribution in [3.63, 3.8) is 0 Å². The first-order valence-corrected chi connectivity index (χ1v) is 5.13. The molecule has 0 spiro atoms. The number of methoxy groups -OCH3 is 1. The van der Waals surface area contributed by atoms with Crippen molar-refractivity contribution in [3.8, 4) is 0 Å². The van der Waals surface area contributed by atoms with E-state index in [1.165, 1.54) is 7.11 Å². The molecule has 0 aromatic carbocycles. The molecule has 0 saturated carbocycles. The maximum absolute atomic E-state index is 5.29. The van der Waals surface area contributed by atoms with Crippen molar-refractivity contribution in [2.75, 3.05) is 26.7 Å². The molecule has 0 radical (unpaired) electrons. The summed E-state index contributed by atoms with van der Waals surface area (Å²) in [5, 5.41) is 6.27. The Morgan fingerprint density at radius 3 is 2.21 bits per heavy atom. The molecule has 0 unspecified atom stereocenters. The van der Waals surface area contributed by atoms with Gasteiger partial charge in [-0.15, -0.1) is 0 Å². The van der Waals surface area contributed by atoms with Crippen LogP contribution in [0.25, 0.3) is 0 Å². The lowest BCUT2D eigenvalue weighted by atomic mass is 10.5. The van der Waals surface area contributed by atoms with E-state index in [-0.39, 0.29) is 0 Å². The normalized spacial score (nSPS) is 9.00. The molecule has 0 fully saturated rings. The minimum Gasteiger partial charge on any atom is -0.488 e. The van der Waals surface area contributed by atoms with Gasteiger partial charge in [0.2, 0.25) is 0 Å². The first-order valence-electron chi connectivity index (χ1n) is 3.90. The minimum absolute atomic E-state index is 0.328. The second-order valence-electron chi connectivity index (χ2n) is 2.33. The standard InChI is InChI=1S/C7H13N3OS3/c1-11-7(14)4-10-6(13)3-9-5(12)2-8/h2-4,8H2,1H3,(H,9,12)(H,10,13). The molecule has 0 aliphatic heterocycles. The van der Waals surface area contributed by atoms with Crippen LogP contribution in [0.1, 0.15) is 0 Å². The van der Waals surface area contributed by atoms with Gasteiger partial charge in [0.25, 0.3) is 0 Å². The second-order valence-corrected chi connectivity index (χ2v) is 3.77. The van der Waals surface area contributed by atoms with Gasteiger partial charge in [-0.25, -0.2) is 0 Å². The summed E-state index contributed by atoms with van der Waals surface area (Å²) in [4.78, 5) is 1.21. The summed E-state index contributed by atoms with van der Waals surface area (Å²) < 4.78 is 4.79. The van der Waals surface area contributed by atoms with Crippen molar-refractivity contribution < 1.29 is 4.74 Å². The highest BCUT2D eigenvalue weighted by Crippen LogP contribution is 1.78. The van der Waals surface area contributed by atoms with Crippen LogP contribution in [0.2, 0.25) is 0 Å². The lowest BCUT2D eigenvalue weighted by molar-refractivity contribution is 0.406. The fourth-order valence-corrected chi connectivity index (χ4v) is 0.845. The number of rotatable bonds is 5. The van der Waals surface area contributed by atoms with E-state index in [9.17, 15) is 0 Å². The molecule has 14 heavy (non-hydrogen) atoms. The Balaban J connectivity index is 3.56.